The number of hydrogen-bond donors (Lipinski definition) is 2. The van der Waals surface area contributed by atoms with Crippen LogP contribution >= 0.6 is 0 Å². The Morgan fingerprint density at radius 2 is 1.94 bits per heavy atom. The number of benzene rings is 1. The van der Waals surface area contributed by atoms with Crippen LogP contribution in [0.4, 0.5) is 4.39 Å². The molecule has 0 aliphatic heterocycles. The molecule has 2 amide bonds. The highest BCUT2D eigenvalue weighted by atomic mass is 19.1. The molecule has 0 bridgehead atoms. The van der Waals surface area contributed by atoms with E-state index in [0.717, 1.165) is 0 Å². The van der Waals surface area contributed by atoms with Gasteiger partial charge in [0.25, 0.3) is 5.91 Å². The molecule has 0 heterocycles. The SMILES string of the molecule is CCNC(=O)CNC(=O)COc1ccccc1F. The van der Waals surface area contributed by atoms with Crippen LogP contribution in [0.15, 0.2) is 24.3 Å². The van der Waals surface area contributed by atoms with Gasteiger partial charge in [0, 0.05) is 6.54 Å². The number of para-hydroxylation sites is 1. The summed E-state index contributed by atoms with van der Waals surface area (Å²) >= 11 is 0. The molecule has 0 spiro atoms. The van der Waals surface area contributed by atoms with Crippen LogP contribution in [0, 0.1) is 5.82 Å². The van der Waals surface area contributed by atoms with E-state index in [1.54, 1.807) is 13.0 Å². The summed E-state index contributed by atoms with van der Waals surface area (Å²) in [5, 5.41) is 4.89. The second-order valence-corrected chi connectivity index (χ2v) is 3.45. The Bertz CT molecular complexity index is 424. The predicted molar refractivity (Wildman–Crippen MR) is 63.6 cm³/mol. The maximum atomic E-state index is 13.1. The first-order valence-electron chi connectivity index (χ1n) is 5.54. The number of nitrogens with one attached hydrogen (secondary N) is 2. The Hall–Kier alpha value is -2.11. The standard InChI is InChI=1S/C12H15FN2O3/c1-2-14-11(16)7-15-12(17)8-18-10-6-4-3-5-9(10)13/h3-6H,2,7-8H2,1H3,(H,14,16)(H,15,17). The third kappa shape index (κ3) is 4.82. The Balaban J connectivity index is 2.29. The molecular weight excluding hydrogens is 239 g/mol. The summed E-state index contributed by atoms with van der Waals surface area (Å²) < 4.78 is 18.1. The second-order valence-electron chi connectivity index (χ2n) is 3.45. The third-order valence-corrected chi connectivity index (χ3v) is 2.02. The van der Waals surface area contributed by atoms with Gasteiger partial charge in [-0.15, -0.1) is 0 Å². The molecule has 0 aliphatic rings. The summed E-state index contributed by atoms with van der Waals surface area (Å²) in [5.41, 5.74) is 0. The van der Waals surface area contributed by atoms with Gasteiger partial charge in [0.1, 0.15) is 0 Å². The van der Waals surface area contributed by atoms with Gasteiger partial charge in [-0.3, -0.25) is 9.59 Å². The lowest BCUT2D eigenvalue weighted by atomic mass is 10.3. The van der Waals surface area contributed by atoms with Crippen LogP contribution in [0.2, 0.25) is 0 Å². The second kappa shape index (κ2) is 7.26. The molecule has 1 rings (SSSR count). The summed E-state index contributed by atoms with van der Waals surface area (Å²) in [6.07, 6.45) is 0. The van der Waals surface area contributed by atoms with E-state index in [4.69, 9.17) is 4.74 Å². The molecule has 1 aromatic rings. The van der Waals surface area contributed by atoms with Crippen LogP contribution in [0.25, 0.3) is 0 Å². The van der Waals surface area contributed by atoms with Gasteiger partial charge < -0.3 is 15.4 Å². The van der Waals surface area contributed by atoms with Gasteiger partial charge >= 0.3 is 0 Å². The van der Waals surface area contributed by atoms with E-state index in [9.17, 15) is 14.0 Å². The summed E-state index contributed by atoms with van der Waals surface area (Å²) in [5.74, 6) is -1.29. The van der Waals surface area contributed by atoms with Gasteiger partial charge in [0.05, 0.1) is 6.54 Å². The summed E-state index contributed by atoms with van der Waals surface area (Å²) in [7, 11) is 0. The minimum absolute atomic E-state index is 0.00524. The van der Waals surface area contributed by atoms with Gasteiger partial charge in [-0.1, -0.05) is 12.1 Å². The number of amides is 2. The van der Waals surface area contributed by atoms with E-state index in [1.807, 2.05) is 0 Å². The minimum Gasteiger partial charge on any atom is -0.481 e. The molecule has 1 aromatic carbocycles. The highest BCUT2D eigenvalue weighted by Crippen LogP contribution is 2.14. The quantitative estimate of drug-likeness (QED) is 0.775. The predicted octanol–water partition coefficient (Wildman–Crippen LogP) is 0.457. The lowest BCUT2D eigenvalue weighted by molar-refractivity contribution is -0.127. The van der Waals surface area contributed by atoms with Crippen molar-refractivity contribution in [2.45, 2.75) is 6.92 Å². The molecule has 18 heavy (non-hydrogen) atoms. The molecule has 0 radical (unpaired) electrons. The van der Waals surface area contributed by atoms with Crippen molar-refractivity contribution in [3.05, 3.63) is 30.1 Å². The molecule has 0 unspecified atom stereocenters. The lowest BCUT2D eigenvalue weighted by Crippen LogP contribution is -2.38. The summed E-state index contributed by atoms with van der Waals surface area (Å²) in [6, 6.07) is 5.79. The lowest BCUT2D eigenvalue weighted by Gasteiger charge is -2.07. The highest BCUT2D eigenvalue weighted by Gasteiger charge is 2.07. The first kappa shape index (κ1) is 14.0. The molecular formula is C12H15FN2O3. The zero-order valence-electron chi connectivity index (χ0n) is 10.0. The van der Waals surface area contributed by atoms with Crippen molar-refractivity contribution in [1.29, 1.82) is 0 Å². The molecule has 0 aliphatic carbocycles. The fourth-order valence-corrected chi connectivity index (χ4v) is 1.19. The Labute approximate surface area is 104 Å². The molecule has 0 fully saturated rings. The average molecular weight is 254 g/mol. The van der Waals surface area contributed by atoms with Gasteiger partial charge in [0.15, 0.2) is 18.2 Å². The van der Waals surface area contributed by atoms with Crippen molar-refractivity contribution in [2.24, 2.45) is 0 Å². The highest BCUT2D eigenvalue weighted by molar-refractivity contribution is 5.85. The smallest absolute Gasteiger partial charge is 0.258 e. The van der Waals surface area contributed by atoms with Crippen LogP contribution in [0.5, 0.6) is 5.75 Å². The first-order valence-corrected chi connectivity index (χ1v) is 5.54. The fraction of sp³-hybridized carbons (Fsp3) is 0.333. The summed E-state index contributed by atoms with van der Waals surface area (Å²) in [4.78, 5) is 22.3. The number of carbonyl (C=O) groups is 2. The maximum Gasteiger partial charge on any atom is 0.258 e. The van der Waals surface area contributed by atoms with Crippen molar-refractivity contribution >= 4 is 11.8 Å². The van der Waals surface area contributed by atoms with E-state index in [2.05, 4.69) is 10.6 Å². The zero-order chi connectivity index (χ0) is 13.4. The van der Waals surface area contributed by atoms with Crippen molar-refractivity contribution in [3.8, 4) is 5.75 Å². The Morgan fingerprint density at radius 1 is 1.22 bits per heavy atom. The third-order valence-electron chi connectivity index (χ3n) is 2.02. The van der Waals surface area contributed by atoms with Crippen LogP contribution in [0.3, 0.4) is 0 Å². The van der Waals surface area contributed by atoms with Crippen molar-refractivity contribution < 1.29 is 18.7 Å². The topological polar surface area (TPSA) is 67.4 Å². The van der Waals surface area contributed by atoms with Gasteiger partial charge in [-0.25, -0.2) is 4.39 Å². The number of hydrogen-bond acceptors (Lipinski definition) is 3. The maximum absolute atomic E-state index is 13.1. The van der Waals surface area contributed by atoms with E-state index in [0.29, 0.717) is 6.54 Å². The number of rotatable bonds is 6. The molecule has 0 saturated heterocycles. The largest absolute Gasteiger partial charge is 0.481 e. The summed E-state index contributed by atoms with van der Waals surface area (Å²) in [6.45, 7) is 1.83. The molecule has 2 N–H and O–H groups in total. The number of likely N-dealkylation sites (N-methyl/N-ethyl adjacent to an activating group) is 1. The zero-order valence-corrected chi connectivity index (χ0v) is 10.0. The molecule has 0 atom stereocenters. The normalized spacial score (nSPS) is 9.67. The molecule has 98 valence electrons. The molecule has 5 nitrogen and oxygen atoms in total. The monoisotopic (exact) mass is 254 g/mol. The fourth-order valence-electron chi connectivity index (χ4n) is 1.19. The van der Waals surface area contributed by atoms with Crippen LogP contribution in [0.1, 0.15) is 6.92 Å². The van der Waals surface area contributed by atoms with Crippen molar-refractivity contribution in [3.63, 3.8) is 0 Å². The van der Waals surface area contributed by atoms with E-state index >= 15 is 0 Å². The average Bonchev–Trinajstić information content (AvgIpc) is 2.36. The Morgan fingerprint density at radius 3 is 2.61 bits per heavy atom. The minimum atomic E-state index is -0.533. The molecule has 0 saturated carbocycles. The molecule has 6 heteroatoms. The number of carbonyl (C=O) groups excluding carboxylic acids is 2. The van der Waals surface area contributed by atoms with Crippen LogP contribution in [-0.2, 0) is 9.59 Å². The van der Waals surface area contributed by atoms with Gasteiger partial charge in [0.2, 0.25) is 5.91 Å². The Kier molecular flexibility index (Phi) is 5.63. The number of ether oxygens (including phenoxy) is 1. The van der Waals surface area contributed by atoms with Gasteiger partial charge in [-0.05, 0) is 19.1 Å². The van der Waals surface area contributed by atoms with E-state index in [1.165, 1.54) is 18.2 Å². The van der Waals surface area contributed by atoms with Crippen LogP contribution < -0.4 is 15.4 Å². The first-order chi connectivity index (χ1) is 8.63. The van der Waals surface area contributed by atoms with E-state index < -0.39 is 11.7 Å². The number of halogens is 1. The van der Waals surface area contributed by atoms with E-state index in [-0.39, 0.29) is 24.8 Å². The van der Waals surface area contributed by atoms with Gasteiger partial charge in [-0.2, -0.15) is 0 Å². The molecule has 0 aromatic heterocycles. The van der Waals surface area contributed by atoms with Crippen molar-refractivity contribution in [1.82, 2.24) is 10.6 Å². The van der Waals surface area contributed by atoms with Crippen molar-refractivity contribution in [2.75, 3.05) is 19.7 Å². The van der Waals surface area contributed by atoms with Crippen LogP contribution in [-0.4, -0.2) is 31.5 Å².